The van der Waals surface area contributed by atoms with Gasteiger partial charge >= 0.3 is 0 Å². The maximum absolute atomic E-state index is 6.21. The molecule has 2 heterocycles. The predicted octanol–water partition coefficient (Wildman–Crippen LogP) is 3.52. The molecule has 1 aromatic carbocycles. The molecule has 0 aliphatic carbocycles. The zero-order valence-corrected chi connectivity index (χ0v) is 14.9. The Hall–Kier alpha value is -0.300. The molecule has 2 atom stereocenters. The molecule has 2 aliphatic rings. The lowest BCUT2D eigenvalue weighted by molar-refractivity contribution is -0.0959. The van der Waals surface area contributed by atoms with E-state index in [0.29, 0.717) is 4.99 Å². The van der Waals surface area contributed by atoms with E-state index in [4.69, 9.17) is 27.4 Å². The molecule has 1 aromatic rings. The first-order valence-electron chi connectivity index (χ1n) is 7.06. The largest absolute Gasteiger partial charge is 0.489 e. The molecular weight excluding hydrogens is 370 g/mol. The maximum atomic E-state index is 6.21. The Labute approximate surface area is 143 Å². The van der Waals surface area contributed by atoms with Gasteiger partial charge in [0.05, 0.1) is 17.8 Å². The second-order valence-corrected chi connectivity index (χ2v) is 8.03. The fourth-order valence-corrected chi connectivity index (χ4v) is 4.82. The summed E-state index contributed by atoms with van der Waals surface area (Å²) in [6, 6.07) is 5.81. The number of thiocarbonyl (C=S) groups is 1. The lowest BCUT2D eigenvalue weighted by Gasteiger charge is -2.37. The number of ether oxygens (including phenoxy) is 2. The zero-order valence-electron chi connectivity index (χ0n) is 11.6. The van der Waals surface area contributed by atoms with Crippen LogP contribution in [0.5, 0.6) is 5.75 Å². The molecule has 2 unspecified atom stereocenters. The van der Waals surface area contributed by atoms with Gasteiger partial charge in [0.2, 0.25) is 0 Å². The molecule has 3 rings (SSSR count). The normalized spacial score (nSPS) is 28.7. The van der Waals surface area contributed by atoms with Crippen molar-refractivity contribution in [2.45, 2.75) is 31.0 Å². The van der Waals surface area contributed by atoms with Crippen molar-refractivity contribution in [3.8, 4) is 5.75 Å². The Morgan fingerprint density at radius 2 is 2.38 bits per heavy atom. The molecule has 0 radical (unpaired) electrons. The van der Waals surface area contributed by atoms with E-state index in [2.05, 4.69) is 15.9 Å². The smallest absolute Gasteiger partial charge is 0.129 e. The molecular formula is C15H18BrNO2S2. The molecule has 2 fully saturated rings. The molecule has 0 saturated carbocycles. The van der Waals surface area contributed by atoms with Crippen molar-refractivity contribution < 1.29 is 9.47 Å². The number of benzene rings is 1. The van der Waals surface area contributed by atoms with Gasteiger partial charge in [-0.25, -0.2) is 0 Å². The molecule has 21 heavy (non-hydrogen) atoms. The molecule has 1 spiro atoms. The van der Waals surface area contributed by atoms with Crippen LogP contribution in [0.25, 0.3) is 0 Å². The molecule has 0 amide bonds. The highest BCUT2D eigenvalue weighted by molar-refractivity contribution is 9.10. The van der Waals surface area contributed by atoms with Crippen molar-refractivity contribution in [3.63, 3.8) is 0 Å². The molecule has 2 aliphatic heterocycles. The van der Waals surface area contributed by atoms with Crippen LogP contribution in [0.1, 0.15) is 24.8 Å². The van der Waals surface area contributed by atoms with Crippen molar-refractivity contribution in [2.24, 2.45) is 5.73 Å². The lowest BCUT2D eigenvalue weighted by Crippen LogP contribution is -2.44. The predicted molar refractivity (Wildman–Crippen MR) is 94.3 cm³/mol. The molecule has 2 N–H and O–H groups in total. The van der Waals surface area contributed by atoms with Crippen LogP contribution in [0, 0.1) is 0 Å². The van der Waals surface area contributed by atoms with E-state index in [0.717, 1.165) is 47.4 Å². The fraction of sp³-hybridized carbons (Fsp3) is 0.533. The highest BCUT2D eigenvalue weighted by Gasteiger charge is 2.41. The molecule has 114 valence electrons. The summed E-state index contributed by atoms with van der Waals surface area (Å²) < 4.78 is 13.2. The third-order valence-corrected chi connectivity index (χ3v) is 5.95. The van der Waals surface area contributed by atoms with Crippen molar-refractivity contribution in [1.29, 1.82) is 0 Å². The number of rotatable bonds is 3. The van der Waals surface area contributed by atoms with Crippen LogP contribution in [-0.2, 0) is 4.74 Å². The van der Waals surface area contributed by atoms with Crippen LogP contribution in [0.15, 0.2) is 22.7 Å². The summed E-state index contributed by atoms with van der Waals surface area (Å²) in [7, 11) is 0. The van der Waals surface area contributed by atoms with Crippen molar-refractivity contribution in [1.82, 2.24) is 0 Å². The monoisotopic (exact) mass is 387 g/mol. The quantitative estimate of drug-likeness (QED) is 0.803. The van der Waals surface area contributed by atoms with Crippen molar-refractivity contribution in [3.05, 3.63) is 28.2 Å². The summed E-state index contributed by atoms with van der Waals surface area (Å²) in [6.07, 6.45) is 3.17. The second-order valence-electron chi connectivity index (χ2n) is 5.57. The van der Waals surface area contributed by atoms with Crippen molar-refractivity contribution >= 4 is 44.9 Å². The van der Waals surface area contributed by atoms with E-state index in [1.165, 1.54) is 5.75 Å². The van der Waals surface area contributed by atoms with Gasteiger partial charge in [0, 0.05) is 23.1 Å². The first kappa shape index (κ1) is 15.6. The van der Waals surface area contributed by atoms with Gasteiger partial charge < -0.3 is 15.2 Å². The highest BCUT2D eigenvalue weighted by Crippen LogP contribution is 2.39. The Balaban J connectivity index is 1.75. The van der Waals surface area contributed by atoms with Gasteiger partial charge in [-0.1, -0.05) is 28.1 Å². The summed E-state index contributed by atoms with van der Waals surface area (Å²) in [6.45, 7) is 0.768. The van der Waals surface area contributed by atoms with Gasteiger partial charge in [-0.3, -0.25) is 0 Å². The molecule has 3 nitrogen and oxygen atoms in total. The van der Waals surface area contributed by atoms with E-state index >= 15 is 0 Å². The second kappa shape index (κ2) is 6.44. The maximum Gasteiger partial charge on any atom is 0.129 e. The number of hydrogen-bond donors (Lipinski definition) is 1. The van der Waals surface area contributed by atoms with Crippen LogP contribution in [-0.4, -0.2) is 34.8 Å². The number of hydrogen-bond acceptors (Lipinski definition) is 4. The van der Waals surface area contributed by atoms with E-state index < -0.39 is 0 Å². The van der Waals surface area contributed by atoms with Gasteiger partial charge in [0.15, 0.2) is 0 Å². The fourth-order valence-electron chi connectivity index (χ4n) is 2.92. The Bertz CT molecular complexity index is 546. The first-order valence-corrected chi connectivity index (χ1v) is 9.41. The highest BCUT2D eigenvalue weighted by atomic mass is 79.9. The Morgan fingerprint density at radius 3 is 3.10 bits per heavy atom. The molecule has 6 heteroatoms. The third-order valence-electron chi connectivity index (χ3n) is 4.02. The molecule has 0 bridgehead atoms. The van der Waals surface area contributed by atoms with Gasteiger partial charge in [-0.2, -0.15) is 11.8 Å². The summed E-state index contributed by atoms with van der Waals surface area (Å²) in [4.78, 5) is 0.365. The van der Waals surface area contributed by atoms with Crippen LogP contribution < -0.4 is 10.5 Å². The van der Waals surface area contributed by atoms with E-state index in [-0.39, 0.29) is 11.7 Å². The third kappa shape index (κ3) is 3.55. The van der Waals surface area contributed by atoms with Gasteiger partial charge in [-0.05, 0) is 30.4 Å². The SMILES string of the molecule is NC(=S)c1cc(Br)ccc1OC1CCOC2(CCSC2)C1. The first-order chi connectivity index (χ1) is 10.1. The standard InChI is InChI=1S/C15H18BrNO2S2/c16-10-1-2-13(12(7-10)14(17)20)19-11-3-5-18-15(8-11)4-6-21-9-15/h1-2,7,11H,3-6,8-9H2,(H2,17,20). The lowest BCUT2D eigenvalue weighted by atomic mass is 9.91. The average Bonchev–Trinajstić information content (AvgIpc) is 2.88. The summed E-state index contributed by atoms with van der Waals surface area (Å²) >= 11 is 10.5. The van der Waals surface area contributed by atoms with E-state index in [9.17, 15) is 0 Å². The summed E-state index contributed by atoms with van der Waals surface area (Å²) in [5.74, 6) is 3.04. The molecule has 0 aromatic heterocycles. The topological polar surface area (TPSA) is 44.5 Å². The number of thioether (sulfide) groups is 1. The molecule has 2 saturated heterocycles. The van der Waals surface area contributed by atoms with Gasteiger partial charge in [0.1, 0.15) is 16.8 Å². The minimum Gasteiger partial charge on any atom is -0.489 e. The van der Waals surface area contributed by atoms with Crippen LogP contribution in [0.3, 0.4) is 0 Å². The minimum absolute atomic E-state index is 0.0202. The van der Waals surface area contributed by atoms with Gasteiger partial charge in [0.25, 0.3) is 0 Å². The Kier molecular flexibility index (Phi) is 4.78. The zero-order chi connectivity index (χ0) is 14.9. The summed E-state index contributed by atoms with van der Waals surface area (Å²) in [5, 5.41) is 0. The van der Waals surface area contributed by atoms with Crippen LogP contribution >= 0.6 is 39.9 Å². The van der Waals surface area contributed by atoms with E-state index in [1.54, 1.807) is 0 Å². The summed E-state index contributed by atoms with van der Waals surface area (Å²) in [5.41, 5.74) is 6.62. The van der Waals surface area contributed by atoms with Crippen LogP contribution in [0.4, 0.5) is 0 Å². The minimum atomic E-state index is 0.0202. The van der Waals surface area contributed by atoms with Crippen LogP contribution in [0.2, 0.25) is 0 Å². The van der Waals surface area contributed by atoms with Gasteiger partial charge in [-0.15, -0.1) is 0 Å². The average molecular weight is 388 g/mol. The Morgan fingerprint density at radius 1 is 1.52 bits per heavy atom. The number of nitrogens with two attached hydrogens (primary N) is 1. The van der Waals surface area contributed by atoms with Crippen molar-refractivity contribution in [2.75, 3.05) is 18.1 Å². The van der Waals surface area contributed by atoms with E-state index in [1.807, 2.05) is 30.0 Å². The number of halogens is 1.